The van der Waals surface area contributed by atoms with Gasteiger partial charge in [-0.25, -0.2) is 9.31 Å². The van der Waals surface area contributed by atoms with Gasteiger partial charge in [0.2, 0.25) is 0 Å². The van der Waals surface area contributed by atoms with Crippen molar-refractivity contribution >= 4 is 11.6 Å². The van der Waals surface area contributed by atoms with Crippen LogP contribution in [-0.4, -0.2) is 33.8 Å². The second-order valence-electron chi connectivity index (χ2n) is 4.22. The average molecular weight is 263 g/mol. The number of hydrogen-bond donors (Lipinski definition) is 1. The normalized spacial score (nSPS) is 14.4. The molecule has 7 heteroatoms. The van der Waals surface area contributed by atoms with Gasteiger partial charge in [0.15, 0.2) is 5.65 Å². The van der Waals surface area contributed by atoms with Crippen LogP contribution in [-0.2, 0) is 22.5 Å². The maximum Gasteiger partial charge on any atom is 0.343 e. The van der Waals surface area contributed by atoms with E-state index in [1.807, 2.05) is 0 Å². The van der Waals surface area contributed by atoms with Gasteiger partial charge >= 0.3 is 5.97 Å². The van der Waals surface area contributed by atoms with E-state index in [0.717, 1.165) is 5.69 Å². The molecule has 0 aliphatic carbocycles. The minimum atomic E-state index is -0.486. The van der Waals surface area contributed by atoms with Crippen molar-refractivity contribution in [3.8, 4) is 0 Å². The van der Waals surface area contributed by atoms with Crippen LogP contribution >= 0.6 is 0 Å². The number of H-pyrrole nitrogens is 1. The third-order valence-corrected chi connectivity index (χ3v) is 3.10. The van der Waals surface area contributed by atoms with Crippen molar-refractivity contribution in [1.29, 1.82) is 0 Å². The predicted octanol–water partition coefficient (Wildman–Crippen LogP) is 0.272. The number of hydrogen-bond acceptors (Lipinski definition) is 5. The first kappa shape index (κ1) is 11.9. The van der Waals surface area contributed by atoms with Crippen molar-refractivity contribution in [2.75, 3.05) is 13.2 Å². The molecule has 7 nitrogen and oxygen atoms in total. The van der Waals surface area contributed by atoms with Crippen molar-refractivity contribution in [3.05, 3.63) is 33.4 Å². The molecule has 0 saturated heterocycles. The van der Waals surface area contributed by atoms with Gasteiger partial charge in [0.05, 0.1) is 37.3 Å². The zero-order chi connectivity index (χ0) is 13.4. The maximum atomic E-state index is 12.0. The number of carbonyl (C=O) groups excluding carboxylic acids is 1. The molecule has 2 aromatic rings. The van der Waals surface area contributed by atoms with Gasteiger partial charge < -0.3 is 14.5 Å². The molecule has 0 unspecified atom stereocenters. The van der Waals surface area contributed by atoms with Crippen LogP contribution in [0.25, 0.3) is 5.65 Å². The van der Waals surface area contributed by atoms with Crippen LogP contribution in [0.1, 0.15) is 28.5 Å². The Balaban J connectivity index is 2.22. The zero-order valence-corrected chi connectivity index (χ0v) is 10.4. The fourth-order valence-electron chi connectivity index (χ4n) is 2.22. The molecule has 1 aliphatic heterocycles. The Morgan fingerprint density at radius 1 is 1.63 bits per heavy atom. The third kappa shape index (κ3) is 1.82. The summed E-state index contributed by atoms with van der Waals surface area (Å²) in [5.74, 6) is -0.486. The number of carbonyl (C=O) groups is 1. The lowest BCUT2D eigenvalue weighted by atomic mass is 10.1. The second kappa shape index (κ2) is 4.51. The number of fused-ring (bicyclic) bond motifs is 3. The molecular formula is C12H13N3O4. The number of ether oxygens (including phenoxy) is 2. The molecule has 19 heavy (non-hydrogen) atoms. The molecule has 0 fully saturated rings. The summed E-state index contributed by atoms with van der Waals surface area (Å²) in [5.41, 5.74) is 1.77. The van der Waals surface area contributed by atoms with Gasteiger partial charge in [-0.1, -0.05) is 0 Å². The fourth-order valence-corrected chi connectivity index (χ4v) is 2.22. The van der Waals surface area contributed by atoms with Crippen LogP contribution in [0.15, 0.2) is 11.0 Å². The van der Waals surface area contributed by atoms with Gasteiger partial charge in [-0.2, -0.15) is 5.10 Å². The molecule has 0 saturated carbocycles. The van der Waals surface area contributed by atoms with Crippen molar-refractivity contribution in [3.63, 3.8) is 0 Å². The Morgan fingerprint density at radius 2 is 2.47 bits per heavy atom. The van der Waals surface area contributed by atoms with E-state index in [4.69, 9.17) is 9.47 Å². The number of nitrogens with one attached hydrogen (secondary N) is 1. The molecule has 1 aliphatic rings. The Morgan fingerprint density at radius 3 is 3.26 bits per heavy atom. The van der Waals surface area contributed by atoms with Gasteiger partial charge in [-0.3, -0.25) is 4.79 Å². The lowest BCUT2D eigenvalue weighted by Crippen LogP contribution is -2.26. The van der Waals surface area contributed by atoms with Crippen molar-refractivity contribution in [2.24, 2.45) is 0 Å². The highest BCUT2D eigenvalue weighted by Gasteiger charge is 2.22. The Hall–Kier alpha value is -2.15. The molecule has 3 heterocycles. The highest BCUT2D eigenvalue weighted by Crippen LogP contribution is 2.16. The minimum absolute atomic E-state index is 0.242. The van der Waals surface area contributed by atoms with Gasteiger partial charge in [-0.05, 0) is 6.92 Å². The second-order valence-corrected chi connectivity index (χ2v) is 4.22. The Labute approximate surface area is 108 Å². The van der Waals surface area contributed by atoms with E-state index in [1.165, 1.54) is 6.20 Å². The first-order valence-electron chi connectivity index (χ1n) is 6.09. The highest BCUT2D eigenvalue weighted by atomic mass is 16.5. The van der Waals surface area contributed by atoms with Crippen LogP contribution < -0.4 is 5.56 Å². The zero-order valence-electron chi connectivity index (χ0n) is 10.4. The van der Waals surface area contributed by atoms with Crippen molar-refractivity contribution in [2.45, 2.75) is 20.0 Å². The molecule has 3 rings (SSSR count). The molecule has 1 N–H and O–H groups in total. The van der Waals surface area contributed by atoms with Gasteiger partial charge in [0.25, 0.3) is 5.56 Å². The van der Waals surface area contributed by atoms with Crippen LogP contribution in [0, 0.1) is 0 Å². The summed E-state index contributed by atoms with van der Waals surface area (Å²) >= 11 is 0. The summed E-state index contributed by atoms with van der Waals surface area (Å²) in [6.45, 7) is 2.82. The minimum Gasteiger partial charge on any atom is -0.462 e. The van der Waals surface area contributed by atoms with Gasteiger partial charge in [-0.15, -0.1) is 0 Å². The summed E-state index contributed by atoms with van der Waals surface area (Å²) in [4.78, 5) is 26.4. The van der Waals surface area contributed by atoms with Crippen LogP contribution in [0.5, 0.6) is 0 Å². The molecule has 0 spiro atoms. The summed E-state index contributed by atoms with van der Waals surface area (Å²) in [7, 11) is 0. The number of nitrogens with zero attached hydrogens (tertiary/aromatic N) is 2. The molecular weight excluding hydrogens is 250 g/mol. The molecule has 2 aromatic heterocycles. The molecule has 0 aromatic carbocycles. The van der Waals surface area contributed by atoms with E-state index >= 15 is 0 Å². The summed E-state index contributed by atoms with van der Waals surface area (Å²) in [5, 5.41) is 4.17. The van der Waals surface area contributed by atoms with Gasteiger partial charge in [0, 0.05) is 6.42 Å². The van der Waals surface area contributed by atoms with Crippen LogP contribution in [0.2, 0.25) is 0 Å². The smallest absolute Gasteiger partial charge is 0.343 e. The molecule has 0 atom stereocenters. The largest absolute Gasteiger partial charge is 0.462 e. The Bertz CT molecular complexity index is 701. The predicted molar refractivity (Wildman–Crippen MR) is 65.1 cm³/mol. The van der Waals surface area contributed by atoms with Gasteiger partial charge in [0.1, 0.15) is 5.56 Å². The SMILES string of the molecule is CCOC(=O)c1cnn2c3c(c(=O)[nH]c12)COCC3. The number of esters is 1. The van der Waals surface area contributed by atoms with Crippen LogP contribution in [0.3, 0.4) is 0 Å². The summed E-state index contributed by atoms with van der Waals surface area (Å²) in [6.07, 6.45) is 2.01. The molecule has 0 bridgehead atoms. The van der Waals surface area contributed by atoms with E-state index in [0.29, 0.717) is 24.2 Å². The summed E-state index contributed by atoms with van der Waals surface area (Å²) in [6, 6.07) is 0. The lowest BCUT2D eigenvalue weighted by molar-refractivity contribution is 0.0528. The topological polar surface area (TPSA) is 85.7 Å². The van der Waals surface area contributed by atoms with E-state index in [-0.39, 0.29) is 24.3 Å². The number of aromatic amines is 1. The first-order valence-corrected chi connectivity index (χ1v) is 6.09. The molecule has 0 radical (unpaired) electrons. The van der Waals surface area contributed by atoms with Crippen molar-refractivity contribution in [1.82, 2.24) is 14.6 Å². The molecule has 100 valence electrons. The highest BCUT2D eigenvalue weighted by molar-refractivity contribution is 5.95. The lowest BCUT2D eigenvalue weighted by Gasteiger charge is -2.16. The Kier molecular flexibility index (Phi) is 2.83. The number of aromatic nitrogens is 3. The average Bonchev–Trinajstić information content (AvgIpc) is 2.83. The van der Waals surface area contributed by atoms with Crippen LogP contribution in [0.4, 0.5) is 0 Å². The first-order chi connectivity index (χ1) is 9.22. The fraction of sp³-hybridized carbons (Fsp3) is 0.417. The van der Waals surface area contributed by atoms with E-state index in [2.05, 4.69) is 10.1 Å². The standard InChI is InChI=1S/C12H13N3O4/c1-2-19-12(17)7-5-13-15-9-3-4-18-6-8(9)11(16)14-10(7)15/h5H,2-4,6H2,1H3,(H,14,16). The third-order valence-electron chi connectivity index (χ3n) is 3.10. The van der Waals surface area contributed by atoms with Crippen molar-refractivity contribution < 1.29 is 14.3 Å². The maximum absolute atomic E-state index is 12.0. The van der Waals surface area contributed by atoms with E-state index in [1.54, 1.807) is 11.4 Å². The molecule has 0 amide bonds. The number of rotatable bonds is 2. The quantitative estimate of drug-likeness (QED) is 0.786. The van der Waals surface area contributed by atoms with E-state index < -0.39 is 5.97 Å². The van der Waals surface area contributed by atoms with E-state index in [9.17, 15) is 9.59 Å². The monoisotopic (exact) mass is 263 g/mol. The summed E-state index contributed by atoms with van der Waals surface area (Å²) < 4.78 is 11.8.